The maximum Gasteiger partial charge on any atom is 0.128 e. The number of aliphatic hydroxyl groups excluding tert-OH is 1. The van der Waals surface area contributed by atoms with Gasteiger partial charge in [0.15, 0.2) is 0 Å². The van der Waals surface area contributed by atoms with Gasteiger partial charge < -0.3 is 14.8 Å². The second-order valence-corrected chi connectivity index (χ2v) is 6.47. The van der Waals surface area contributed by atoms with Gasteiger partial charge in [0, 0.05) is 29.2 Å². The highest BCUT2D eigenvalue weighted by Gasteiger charge is 2.21. The van der Waals surface area contributed by atoms with Crippen LogP contribution in [0.4, 0.5) is 0 Å². The second kappa shape index (κ2) is 6.71. The molecular formula is C18H26N2O2. The number of β-amino-alcohol motifs (C(OH)–C–C–N with tert-alkyl or cyclic N) is 1. The molecule has 2 atom stereocenters. The van der Waals surface area contributed by atoms with Crippen molar-refractivity contribution in [1.29, 1.82) is 0 Å². The van der Waals surface area contributed by atoms with Crippen LogP contribution in [0.3, 0.4) is 0 Å². The Kier molecular flexibility index (Phi) is 4.69. The number of rotatable bonds is 5. The predicted octanol–water partition coefficient (Wildman–Crippen LogP) is 3.09. The highest BCUT2D eigenvalue weighted by molar-refractivity contribution is 5.86. The van der Waals surface area contributed by atoms with Gasteiger partial charge in [0.25, 0.3) is 0 Å². The summed E-state index contributed by atoms with van der Waals surface area (Å²) in [5.74, 6) is 0.840. The first-order valence-electron chi connectivity index (χ1n) is 8.27. The maximum absolute atomic E-state index is 10.3. The average molecular weight is 302 g/mol. The van der Waals surface area contributed by atoms with E-state index in [4.69, 9.17) is 4.74 Å². The molecule has 2 N–H and O–H groups in total. The van der Waals surface area contributed by atoms with Crippen LogP contribution < -0.4 is 4.74 Å². The van der Waals surface area contributed by atoms with Crippen molar-refractivity contribution < 1.29 is 9.84 Å². The topological polar surface area (TPSA) is 48.5 Å². The molecular weight excluding hydrogens is 276 g/mol. The first-order valence-corrected chi connectivity index (χ1v) is 8.27. The fraction of sp³-hybridized carbons (Fsp3) is 0.556. The Labute approximate surface area is 132 Å². The van der Waals surface area contributed by atoms with Crippen molar-refractivity contribution in [3.8, 4) is 5.75 Å². The number of piperidine rings is 1. The number of aromatic amines is 1. The lowest BCUT2D eigenvalue weighted by atomic mass is 10.0. The molecule has 0 bridgehead atoms. The van der Waals surface area contributed by atoms with Gasteiger partial charge in [-0.25, -0.2) is 0 Å². The third-order valence-electron chi connectivity index (χ3n) is 4.58. The summed E-state index contributed by atoms with van der Waals surface area (Å²) in [5, 5.41) is 11.4. The third kappa shape index (κ3) is 3.45. The van der Waals surface area contributed by atoms with E-state index >= 15 is 0 Å². The van der Waals surface area contributed by atoms with Crippen molar-refractivity contribution >= 4 is 10.9 Å². The zero-order valence-corrected chi connectivity index (χ0v) is 13.5. The minimum absolute atomic E-state index is 0.340. The van der Waals surface area contributed by atoms with E-state index in [1.807, 2.05) is 25.1 Å². The van der Waals surface area contributed by atoms with Crippen molar-refractivity contribution in [2.45, 2.75) is 45.3 Å². The molecule has 2 aromatic rings. The Morgan fingerprint density at radius 2 is 2.27 bits per heavy atom. The van der Waals surface area contributed by atoms with E-state index in [0.717, 1.165) is 28.9 Å². The van der Waals surface area contributed by atoms with Crippen LogP contribution in [0.5, 0.6) is 5.75 Å². The summed E-state index contributed by atoms with van der Waals surface area (Å²) in [5.41, 5.74) is 2.20. The summed E-state index contributed by atoms with van der Waals surface area (Å²) in [6.07, 6.45) is 3.32. The Balaban J connectivity index is 1.59. The molecule has 0 saturated carbocycles. The Morgan fingerprint density at radius 1 is 1.41 bits per heavy atom. The zero-order chi connectivity index (χ0) is 15.5. The number of hydrogen-bond donors (Lipinski definition) is 2. The molecule has 2 unspecified atom stereocenters. The number of nitrogens with zero attached hydrogens (tertiary/aromatic N) is 1. The number of benzene rings is 1. The lowest BCUT2D eigenvalue weighted by molar-refractivity contribution is 0.0441. The summed E-state index contributed by atoms with van der Waals surface area (Å²) >= 11 is 0. The molecule has 2 heterocycles. The van der Waals surface area contributed by atoms with E-state index < -0.39 is 6.10 Å². The van der Waals surface area contributed by atoms with E-state index in [2.05, 4.69) is 22.9 Å². The Morgan fingerprint density at radius 3 is 3.09 bits per heavy atom. The number of aryl methyl sites for hydroxylation is 1. The standard InChI is InChI=1S/C18H26N2O2/c1-13-10-16-17(19-13)7-5-8-18(16)22-12-15(21)11-20-9-4-3-6-14(20)2/h5,7-8,10,14-15,19,21H,3-4,6,9,11-12H2,1-2H3. The first-order chi connectivity index (χ1) is 10.6. The summed E-state index contributed by atoms with van der Waals surface area (Å²) in [4.78, 5) is 5.68. The Bertz CT molecular complexity index is 623. The number of ether oxygens (including phenoxy) is 1. The molecule has 0 radical (unpaired) electrons. The lowest BCUT2D eigenvalue weighted by Crippen LogP contribution is -2.43. The fourth-order valence-corrected chi connectivity index (χ4v) is 3.33. The van der Waals surface area contributed by atoms with Crippen LogP contribution in [-0.4, -0.2) is 46.8 Å². The summed E-state index contributed by atoms with van der Waals surface area (Å²) in [6.45, 7) is 6.41. The fourth-order valence-electron chi connectivity index (χ4n) is 3.33. The normalized spacial score (nSPS) is 21.1. The monoisotopic (exact) mass is 302 g/mol. The molecule has 3 rings (SSSR count). The number of likely N-dealkylation sites (tertiary alicyclic amines) is 1. The number of fused-ring (bicyclic) bond motifs is 1. The van der Waals surface area contributed by atoms with Crippen LogP contribution in [0.25, 0.3) is 10.9 Å². The lowest BCUT2D eigenvalue weighted by Gasteiger charge is -2.34. The van der Waals surface area contributed by atoms with Gasteiger partial charge in [-0.15, -0.1) is 0 Å². The van der Waals surface area contributed by atoms with Gasteiger partial charge in [-0.3, -0.25) is 4.90 Å². The van der Waals surface area contributed by atoms with E-state index in [-0.39, 0.29) is 0 Å². The van der Waals surface area contributed by atoms with Crippen molar-refractivity contribution in [3.05, 3.63) is 30.0 Å². The average Bonchev–Trinajstić information content (AvgIpc) is 2.88. The molecule has 1 aliphatic rings. The largest absolute Gasteiger partial charge is 0.490 e. The molecule has 0 amide bonds. The zero-order valence-electron chi connectivity index (χ0n) is 13.5. The van der Waals surface area contributed by atoms with E-state index in [1.54, 1.807) is 0 Å². The quantitative estimate of drug-likeness (QED) is 0.892. The number of nitrogens with one attached hydrogen (secondary N) is 1. The number of H-pyrrole nitrogens is 1. The number of hydrogen-bond acceptors (Lipinski definition) is 3. The second-order valence-electron chi connectivity index (χ2n) is 6.47. The van der Waals surface area contributed by atoms with Crippen molar-refractivity contribution in [2.75, 3.05) is 19.7 Å². The number of aliphatic hydroxyl groups is 1. The van der Waals surface area contributed by atoms with E-state index in [1.165, 1.54) is 19.3 Å². The molecule has 22 heavy (non-hydrogen) atoms. The molecule has 120 valence electrons. The van der Waals surface area contributed by atoms with Crippen LogP contribution in [0, 0.1) is 6.92 Å². The van der Waals surface area contributed by atoms with Gasteiger partial charge in [-0.1, -0.05) is 12.5 Å². The summed E-state index contributed by atoms with van der Waals surface area (Å²) in [7, 11) is 0. The van der Waals surface area contributed by atoms with Crippen molar-refractivity contribution in [2.24, 2.45) is 0 Å². The van der Waals surface area contributed by atoms with Gasteiger partial charge >= 0.3 is 0 Å². The SMILES string of the molecule is Cc1cc2c(OCC(O)CN3CCCCC3C)cccc2[nH]1. The smallest absolute Gasteiger partial charge is 0.128 e. The summed E-state index contributed by atoms with van der Waals surface area (Å²) < 4.78 is 5.87. The highest BCUT2D eigenvalue weighted by Crippen LogP contribution is 2.26. The number of aromatic nitrogens is 1. The van der Waals surface area contributed by atoms with Crippen LogP contribution in [-0.2, 0) is 0 Å². The van der Waals surface area contributed by atoms with Gasteiger partial charge in [0.05, 0.1) is 0 Å². The van der Waals surface area contributed by atoms with Gasteiger partial charge in [-0.05, 0) is 51.4 Å². The Hall–Kier alpha value is -1.52. The van der Waals surface area contributed by atoms with Crippen LogP contribution in [0.15, 0.2) is 24.3 Å². The van der Waals surface area contributed by atoms with Crippen molar-refractivity contribution in [1.82, 2.24) is 9.88 Å². The highest BCUT2D eigenvalue weighted by atomic mass is 16.5. The molecule has 4 heteroatoms. The van der Waals surface area contributed by atoms with E-state index in [9.17, 15) is 5.11 Å². The van der Waals surface area contributed by atoms with Gasteiger partial charge in [-0.2, -0.15) is 0 Å². The third-order valence-corrected chi connectivity index (χ3v) is 4.58. The van der Waals surface area contributed by atoms with Crippen molar-refractivity contribution in [3.63, 3.8) is 0 Å². The van der Waals surface area contributed by atoms with Crippen LogP contribution in [0.1, 0.15) is 31.9 Å². The minimum atomic E-state index is -0.448. The molecule has 0 spiro atoms. The molecule has 1 fully saturated rings. The van der Waals surface area contributed by atoms with Crippen LogP contribution >= 0.6 is 0 Å². The summed E-state index contributed by atoms with van der Waals surface area (Å²) in [6, 6.07) is 8.64. The molecule has 1 aliphatic heterocycles. The van der Waals surface area contributed by atoms with Crippen LogP contribution in [0.2, 0.25) is 0 Å². The molecule has 1 aromatic carbocycles. The first kappa shape index (κ1) is 15.4. The molecule has 0 aliphatic carbocycles. The minimum Gasteiger partial charge on any atom is -0.490 e. The van der Waals surface area contributed by atoms with E-state index in [0.29, 0.717) is 19.2 Å². The molecule has 1 saturated heterocycles. The van der Waals surface area contributed by atoms with Gasteiger partial charge in [0.2, 0.25) is 0 Å². The molecule has 4 nitrogen and oxygen atoms in total. The maximum atomic E-state index is 10.3. The molecule has 1 aromatic heterocycles. The van der Waals surface area contributed by atoms with Gasteiger partial charge in [0.1, 0.15) is 18.5 Å². The predicted molar refractivity (Wildman–Crippen MR) is 89.4 cm³/mol.